The van der Waals surface area contributed by atoms with Gasteiger partial charge in [-0.25, -0.2) is 0 Å². The number of carbonyl (C=O) groups excluding carboxylic acids is 1. The zero-order valence-corrected chi connectivity index (χ0v) is 12.7. The molecule has 0 radical (unpaired) electrons. The van der Waals surface area contributed by atoms with Crippen molar-refractivity contribution in [2.75, 3.05) is 0 Å². The van der Waals surface area contributed by atoms with E-state index in [-0.39, 0.29) is 22.3 Å². The fraction of sp³-hybridized carbons (Fsp3) is 0.118. The summed E-state index contributed by atoms with van der Waals surface area (Å²) in [4.78, 5) is 11.7. The molecule has 4 nitrogen and oxygen atoms in total. The summed E-state index contributed by atoms with van der Waals surface area (Å²) in [6.45, 7) is 1.49. The van der Waals surface area contributed by atoms with E-state index in [0.717, 1.165) is 0 Å². The van der Waals surface area contributed by atoms with E-state index in [4.69, 9.17) is 4.18 Å². The Kier molecular flexibility index (Phi) is 3.58. The summed E-state index contributed by atoms with van der Waals surface area (Å²) in [5.74, 6) is -0.152. The van der Waals surface area contributed by atoms with Gasteiger partial charge in [-0.3, -0.25) is 4.79 Å². The Balaban J connectivity index is 2.03. The summed E-state index contributed by atoms with van der Waals surface area (Å²) < 4.78 is 30.2. The van der Waals surface area contributed by atoms with Crippen LogP contribution in [0.25, 0.3) is 6.08 Å². The van der Waals surface area contributed by atoms with Crippen molar-refractivity contribution in [1.29, 1.82) is 0 Å². The van der Waals surface area contributed by atoms with Gasteiger partial charge in [-0.15, -0.1) is 0 Å². The summed E-state index contributed by atoms with van der Waals surface area (Å²) in [6.07, 6.45) is 3.39. The number of allylic oxidation sites excluding steroid dienone is 1. The van der Waals surface area contributed by atoms with Gasteiger partial charge in [0.2, 0.25) is 0 Å². The minimum absolute atomic E-state index is 0.0199. The van der Waals surface area contributed by atoms with Crippen molar-refractivity contribution in [2.45, 2.75) is 17.7 Å². The maximum Gasteiger partial charge on any atom is 0.339 e. The van der Waals surface area contributed by atoms with Crippen LogP contribution in [0.4, 0.5) is 0 Å². The number of rotatable bonds is 4. The first kappa shape index (κ1) is 14.5. The highest BCUT2D eigenvalue weighted by Gasteiger charge is 2.28. The van der Waals surface area contributed by atoms with Gasteiger partial charge in [0.05, 0.1) is 5.92 Å². The molecule has 0 amide bonds. The molecule has 3 rings (SSSR count). The molecule has 2 aromatic rings. The first-order chi connectivity index (χ1) is 10.5. The zero-order chi connectivity index (χ0) is 15.7. The number of ketones is 1. The monoisotopic (exact) mass is 314 g/mol. The number of carbonyl (C=O) groups is 1. The van der Waals surface area contributed by atoms with Crippen molar-refractivity contribution in [3.05, 3.63) is 65.7 Å². The molecular formula is C17H14O4S. The average Bonchev–Trinajstić information content (AvgIpc) is 2.91. The third-order valence-electron chi connectivity index (χ3n) is 3.55. The summed E-state index contributed by atoms with van der Waals surface area (Å²) in [5.41, 5.74) is 1.23. The van der Waals surface area contributed by atoms with Crippen molar-refractivity contribution in [1.82, 2.24) is 0 Å². The van der Waals surface area contributed by atoms with Crippen molar-refractivity contribution in [3.63, 3.8) is 0 Å². The Bertz CT molecular complexity index is 851. The van der Waals surface area contributed by atoms with E-state index < -0.39 is 10.1 Å². The van der Waals surface area contributed by atoms with E-state index in [0.29, 0.717) is 11.1 Å². The molecule has 0 bridgehead atoms. The standard InChI is InChI=1S/C17H14O4S/c1-12(18)14-10-11-16-15(14)8-5-9-17(16)22(19,20)21-13-6-3-2-4-7-13/h2-11,14H,1H3. The fourth-order valence-electron chi connectivity index (χ4n) is 2.53. The minimum atomic E-state index is -3.95. The Labute approximate surface area is 129 Å². The van der Waals surface area contributed by atoms with Crippen LogP contribution < -0.4 is 4.18 Å². The Morgan fingerprint density at radius 3 is 2.45 bits per heavy atom. The SMILES string of the molecule is CC(=O)C1C=Cc2c1cccc2S(=O)(=O)Oc1ccccc1. The van der Waals surface area contributed by atoms with Gasteiger partial charge in [0.15, 0.2) is 0 Å². The Morgan fingerprint density at radius 1 is 1.05 bits per heavy atom. The second-order valence-electron chi connectivity index (χ2n) is 5.06. The molecule has 0 aromatic heterocycles. The Morgan fingerprint density at radius 2 is 1.77 bits per heavy atom. The molecule has 22 heavy (non-hydrogen) atoms. The molecule has 2 aromatic carbocycles. The third kappa shape index (κ3) is 2.55. The van der Waals surface area contributed by atoms with E-state index in [2.05, 4.69) is 0 Å². The van der Waals surface area contributed by atoms with Crippen molar-refractivity contribution < 1.29 is 17.4 Å². The lowest BCUT2D eigenvalue weighted by Crippen LogP contribution is -2.12. The van der Waals surface area contributed by atoms with Crippen molar-refractivity contribution in [3.8, 4) is 5.75 Å². The molecule has 0 saturated carbocycles. The van der Waals surface area contributed by atoms with E-state index in [1.807, 2.05) is 0 Å². The first-order valence-electron chi connectivity index (χ1n) is 6.80. The van der Waals surface area contributed by atoms with Crippen molar-refractivity contribution >= 4 is 22.0 Å². The largest absolute Gasteiger partial charge is 0.379 e. The van der Waals surface area contributed by atoms with Crippen LogP contribution in [0.3, 0.4) is 0 Å². The van der Waals surface area contributed by atoms with Gasteiger partial charge in [0.25, 0.3) is 0 Å². The van der Waals surface area contributed by atoms with Crippen LogP contribution >= 0.6 is 0 Å². The number of benzene rings is 2. The Hall–Kier alpha value is -2.40. The maximum absolute atomic E-state index is 12.5. The highest BCUT2D eigenvalue weighted by molar-refractivity contribution is 7.87. The van der Waals surface area contributed by atoms with Crippen LogP contribution in [0.15, 0.2) is 59.5 Å². The minimum Gasteiger partial charge on any atom is -0.379 e. The normalized spacial score (nSPS) is 16.3. The molecule has 0 N–H and O–H groups in total. The lowest BCUT2D eigenvalue weighted by molar-refractivity contribution is -0.117. The molecule has 0 aliphatic heterocycles. The number of para-hydroxylation sites is 1. The quantitative estimate of drug-likeness (QED) is 0.813. The molecule has 112 valence electrons. The lowest BCUT2D eigenvalue weighted by atomic mass is 9.98. The molecule has 1 aliphatic carbocycles. The molecule has 1 unspecified atom stereocenters. The predicted molar refractivity (Wildman–Crippen MR) is 83.2 cm³/mol. The molecule has 0 heterocycles. The molecular weight excluding hydrogens is 300 g/mol. The van der Waals surface area contributed by atoms with Gasteiger partial charge in [0.1, 0.15) is 16.4 Å². The first-order valence-corrected chi connectivity index (χ1v) is 8.21. The number of Topliss-reactive ketones (excluding diaryl/α,β-unsaturated/α-hetero) is 1. The van der Waals surface area contributed by atoms with E-state index in [1.165, 1.54) is 13.0 Å². The van der Waals surface area contributed by atoms with Gasteiger partial charge < -0.3 is 4.18 Å². The summed E-state index contributed by atoms with van der Waals surface area (Å²) in [6, 6.07) is 13.2. The van der Waals surface area contributed by atoms with Gasteiger partial charge in [-0.2, -0.15) is 8.42 Å². The van der Waals surface area contributed by atoms with E-state index in [1.54, 1.807) is 54.6 Å². The van der Waals surface area contributed by atoms with E-state index >= 15 is 0 Å². The second-order valence-corrected chi connectivity index (χ2v) is 6.57. The summed E-state index contributed by atoms with van der Waals surface area (Å²) in [7, 11) is -3.95. The molecule has 1 aliphatic rings. The lowest BCUT2D eigenvalue weighted by Gasteiger charge is -2.12. The topological polar surface area (TPSA) is 60.4 Å². The molecule has 0 spiro atoms. The summed E-state index contributed by atoms with van der Waals surface area (Å²) >= 11 is 0. The van der Waals surface area contributed by atoms with E-state index in [9.17, 15) is 13.2 Å². The molecule has 1 atom stereocenters. The van der Waals surface area contributed by atoms with Gasteiger partial charge in [0, 0.05) is 5.56 Å². The van der Waals surface area contributed by atoms with Gasteiger partial charge in [-0.05, 0) is 30.7 Å². The van der Waals surface area contributed by atoms with Crippen LogP contribution in [-0.2, 0) is 14.9 Å². The highest BCUT2D eigenvalue weighted by Crippen LogP contribution is 2.35. The number of hydrogen-bond donors (Lipinski definition) is 0. The number of fused-ring (bicyclic) bond motifs is 1. The third-order valence-corrected chi connectivity index (χ3v) is 4.85. The van der Waals surface area contributed by atoms with Crippen molar-refractivity contribution in [2.24, 2.45) is 0 Å². The maximum atomic E-state index is 12.5. The molecule has 5 heteroatoms. The van der Waals surface area contributed by atoms with Crippen LogP contribution in [0.1, 0.15) is 24.0 Å². The second kappa shape index (κ2) is 5.42. The smallest absolute Gasteiger partial charge is 0.339 e. The average molecular weight is 314 g/mol. The van der Waals surface area contributed by atoms with Gasteiger partial charge in [-0.1, -0.05) is 42.5 Å². The van der Waals surface area contributed by atoms with Crippen LogP contribution in [0.2, 0.25) is 0 Å². The zero-order valence-electron chi connectivity index (χ0n) is 11.9. The van der Waals surface area contributed by atoms with Crippen LogP contribution in [0.5, 0.6) is 5.75 Å². The van der Waals surface area contributed by atoms with Gasteiger partial charge >= 0.3 is 10.1 Å². The molecule has 0 saturated heterocycles. The fourth-order valence-corrected chi connectivity index (χ4v) is 3.68. The predicted octanol–water partition coefficient (Wildman–Crippen LogP) is 3.15. The molecule has 0 fully saturated rings. The number of hydrogen-bond acceptors (Lipinski definition) is 4. The van der Waals surface area contributed by atoms with Crippen LogP contribution in [-0.4, -0.2) is 14.2 Å². The highest BCUT2D eigenvalue weighted by atomic mass is 32.2. The summed E-state index contributed by atoms with van der Waals surface area (Å²) in [5, 5.41) is 0. The van der Waals surface area contributed by atoms with Crippen LogP contribution in [0, 0.1) is 0 Å².